The van der Waals surface area contributed by atoms with Crippen LogP contribution in [0.5, 0.6) is 11.5 Å². The van der Waals surface area contributed by atoms with Crippen LogP contribution < -0.4 is 14.4 Å². The Morgan fingerprint density at radius 2 is 1.79 bits per heavy atom. The third kappa shape index (κ3) is 4.92. The number of anilines is 1. The van der Waals surface area contributed by atoms with Gasteiger partial charge in [-0.25, -0.2) is 4.79 Å². The van der Waals surface area contributed by atoms with Crippen molar-refractivity contribution in [3.05, 3.63) is 88.2 Å². The molecule has 3 aromatic rings. The molecule has 196 valence electrons. The van der Waals surface area contributed by atoms with Gasteiger partial charge in [0, 0.05) is 24.1 Å². The van der Waals surface area contributed by atoms with Crippen LogP contribution in [0.15, 0.2) is 66.5 Å². The minimum absolute atomic E-state index is 0.120. The molecule has 1 N–H and O–H groups in total. The predicted octanol–water partition coefficient (Wildman–Crippen LogP) is 4.95. The van der Waals surface area contributed by atoms with Gasteiger partial charge in [-0.1, -0.05) is 24.6 Å². The molecule has 1 fully saturated rings. The van der Waals surface area contributed by atoms with Gasteiger partial charge in [0.15, 0.2) is 0 Å². The SMILES string of the molecule is CCCOC(=O)c1ccc(N2C(=O)C(=O)/C(=C(/O)c3cc(OC)c(Cl)cc3OC)C2c2cccnc2)cc1. The van der Waals surface area contributed by atoms with Crippen LogP contribution in [-0.2, 0) is 14.3 Å². The first kappa shape index (κ1) is 26.7. The number of carbonyl (C=O) groups excluding carboxylic acids is 3. The van der Waals surface area contributed by atoms with Crippen LogP contribution >= 0.6 is 11.6 Å². The first-order chi connectivity index (χ1) is 18.3. The van der Waals surface area contributed by atoms with Gasteiger partial charge in [-0.3, -0.25) is 19.5 Å². The van der Waals surface area contributed by atoms with E-state index in [1.165, 1.54) is 49.6 Å². The minimum atomic E-state index is -1.02. The number of hydrogen-bond acceptors (Lipinski definition) is 8. The van der Waals surface area contributed by atoms with E-state index in [-0.39, 0.29) is 34.3 Å². The van der Waals surface area contributed by atoms with E-state index in [9.17, 15) is 19.5 Å². The maximum absolute atomic E-state index is 13.4. The second-order valence-corrected chi connectivity index (χ2v) is 8.73. The lowest BCUT2D eigenvalue weighted by Crippen LogP contribution is -2.29. The van der Waals surface area contributed by atoms with E-state index in [4.69, 9.17) is 25.8 Å². The standard InChI is InChI=1S/C28H25ClN2O7/c1-4-12-38-28(35)16-7-9-18(10-8-16)31-24(17-6-5-11-30-15-17)23(26(33)27(31)34)25(32)19-13-22(37-3)20(29)14-21(19)36-2/h5-11,13-15,24,32H,4,12H2,1-3H3/b25-23+. The lowest BCUT2D eigenvalue weighted by Gasteiger charge is -2.25. The molecule has 10 heteroatoms. The van der Waals surface area contributed by atoms with E-state index >= 15 is 0 Å². The number of amides is 1. The van der Waals surface area contributed by atoms with Crippen molar-refractivity contribution in [1.29, 1.82) is 0 Å². The zero-order chi connectivity index (χ0) is 27.4. The van der Waals surface area contributed by atoms with Crippen molar-refractivity contribution >= 4 is 40.7 Å². The first-order valence-corrected chi connectivity index (χ1v) is 12.1. The number of esters is 1. The molecular weight excluding hydrogens is 512 g/mol. The minimum Gasteiger partial charge on any atom is -0.507 e. The summed E-state index contributed by atoms with van der Waals surface area (Å²) in [5.74, 6) is -2.30. The van der Waals surface area contributed by atoms with Crippen LogP contribution in [0.4, 0.5) is 5.69 Å². The van der Waals surface area contributed by atoms with Crippen molar-refractivity contribution in [2.24, 2.45) is 0 Å². The smallest absolute Gasteiger partial charge is 0.338 e. The summed E-state index contributed by atoms with van der Waals surface area (Å²) in [7, 11) is 2.80. The van der Waals surface area contributed by atoms with Crippen LogP contribution in [0.25, 0.3) is 5.76 Å². The van der Waals surface area contributed by atoms with E-state index in [0.29, 0.717) is 23.2 Å². The van der Waals surface area contributed by atoms with E-state index < -0.39 is 29.5 Å². The topological polar surface area (TPSA) is 115 Å². The van der Waals surface area contributed by atoms with E-state index in [0.717, 1.165) is 0 Å². The van der Waals surface area contributed by atoms with Crippen molar-refractivity contribution in [2.45, 2.75) is 19.4 Å². The molecule has 0 bridgehead atoms. The lowest BCUT2D eigenvalue weighted by molar-refractivity contribution is -0.132. The fourth-order valence-electron chi connectivity index (χ4n) is 4.18. The number of methoxy groups -OCH3 is 2. The summed E-state index contributed by atoms with van der Waals surface area (Å²) in [6, 6.07) is 11.3. The predicted molar refractivity (Wildman–Crippen MR) is 141 cm³/mol. The molecular formula is C28H25ClN2O7. The number of benzene rings is 2. The van der Waals surface area contributed by atoms with Gasteiger partial charge >= 0.3 is 5.97 Å². The van der Waals surface area contributed by atoms with Gasteiger partial charge in [-0.15, -0.1) is 0 Å². The molecule has 1 atom stereocenters. The van der Waals surface area contributed by atoms with Crippen molar-refractivity contribution in [1.82, 2.24) is 4.98 Å². The summed E-state index contributed by atoms with van der Waals surface area (Å²) >= 11 is 6.21. The quantitative estimate of drug-likeness (QED) is 0.186. The van der Waals surface area contributed by atoms with Crippen molar-refractivity contribution in [3.63, 3.8) is 0 Å². The van der Waals surface area contributed by atoms with Crippen molar-refractivity contribution in [3.8, 4) is 11.5 Å². The first-order valence-electron chi connectivity index (χ1n) is 11.7. The Kier molecular flexibility index (Phi) is 7.97. The Hall–Kier alpha value is -4.37. The molecule has 1 aliphatic heterocycles. The summed E-state index contributed by atoms with van der Waals surface area (Å²) in [5.41, 5.74) is 1.08. The van der Waals surface area contributed by atoms with Gasteiger partial charge < -0.3 is 19.3 Å². The fraction of sp³-hybridized carbons (Fsp3) is 0.214. The van der Waals surface area contributed by atoms with Gasteiger partial charge in [0.2, 0.25) is 0 Å². The molecule has 0 spiro atoms. The maximum Gasteiger partial charge on any atom is 0.338 e. The van der Waals surface area contributed by atoms with Gasteiger partial charge in [0.05, 0.1) is 48.6 Å². The van der Waals surface area contributed by atoms with Crippen LogP contribution in [0.3, 0.4) is 0 Å². The van der Waals surface area contributed by atoms with Gasteiger partial charge in [-0.05, 0) is 48.4 Å². The van der Waals surface area contributed by atoms with Gasteiger partial charge in [0.1, 0.15) is 17.3 Å². The third-order valence-corrected chi connectivity index (χ3v) is 6.29. The van der Waals surface area contributed by atoms with E-state index in [1.54, 1.807) is 30.5 Å². The second-order valence-electron chi connectivity index (χ2n) is 8.33. The number of rotatable bonds is 8. The summed E-state index contributed by atoms with van der Waals surface area (Å²) in [4.78, 5) is 44.4. The van der Waals surface area contributed by atoms with E-state index in [1.807, 2.05) is 6.92 Å². The number of ketones is 1. The molecule has 9 nitrogen and oxygen atoms in total. The van der Waals surface area contributed by atoms with Gasteiger partial charge in [-0.2, -0.15) is 0 Å². The number of ether oxygens (including phenoxy) is 3. The second kappa shape index (κ2) is 11.4. The van der Waals surface area contributed by atoms with Gasteiger partial charge in [0.25, 0.3) is 11.7 Å². The molecule has 2 heterocycles. The van der Waals surface area contributed by atoms with Crippen molar-refractivity contribution < 1.29 is 33.7 Å². The summed E-state index contributed by atoms with van der Waals surface area (Å²) in [6.45, 7) is 2.18. The Labute approximate surface area is 224 Å². The Morgan fingerprint density at radius 3 is 2.39 bits per heavy atom. The number of aromatic nitrogens is 1. The Morgan fingerprint density at radius 1 is 1.08 bits per heavy atom. The molecule has 0 radical (unpaired) electrons. The molecule has 1 amide bonds. The van der Waals surface area contributed by atoms with Crippen molar-refractivity contribution in [2.75, 3.05) is 25.7 Å². The van der Waals surface area contributed by atoms with Crippen LogP contribution in [0.2, 0.25) is 5.02 Å². The zero-order valence-electron chi connectivity index (χ0n) is 20.9. The molecule has 4 rings (SSSR count). The zero-order valence-corrected chi connectivity index (χ0v) is 21.7. The largest absolute Gasteiger partial charge is 0.507 e. The number of nitrogens with zero attached hydrogens (tertiary/aromatic N) is 2. The average Bonchev–Trinajstić information content (AvgIpc) is 3.21. The average molecular weight is 537 g/mol. The molecule has 1 aliphatic rings. The van der Waals surface area contributed by atoms with Crippen LogP contribution in [-0.4, -0.2) is 48.6 Å². The highest BCUT2D eigenvalue weighted by atomic mass is 35.5. The van der Waals surface area contributed by atoms with Crippen LogP contribution in [0, 0.1) is 0 Å². The molecule has 1 unspecified atom stereocenters. The highest BCUT2D eigenvalue weighted by Gasteiger charge is 2.47. The molecule has 0 aliphatic carbocycles. The summed E-state index contributed by atoms with van der Waals surface area (Å²) in [6.07, 6.45) is 3.75. The normalized spacial score (nSPS) is 16.4. The summed E-state index contributed by atoms with van der Waals surface area (Å²) in [5, 5.41) is 11.7. The maximum atomic E-state index is 13.4. The monoisotopic (exact) mass is 536 g/mol. The third-order valence-electron chi connectivity index (χ3n) is 5.99. The molecule has 0 saturated carbocycles. The number of hydrogen-bond donors (Lipinski definition) is 1. The van der Waals surface area contributed by atoms with E-state index in [2.05, 4.69) is 4.98 Å². The summed E-state index contributed by atoms with van der Waals surface area (Å²) < 4.78 is 15.8. The number of carbonyl (C=O) groups is 3. The molecule has 1 aromatic heterocycles. The Balaban J connectivity index is 1.87. The Bertz CT molecular complexity index is 1400. The highest BCUT2D eigenvalue weighted by Crippen LogP contribution is 2.44. The molecule has 2 aromatic carbocycles. The number of aliphatic hydroxyl groups excluding tert-OH is 1. The number of aliphatic hydroxyl groups is 1. The highest BCUT2D eigenvalue weighted by molar-refractivity contribution is 6.51. The fourth-order valence-corrected chi connectivity index (χ4v) is 4.41. The number of pyridine rings is 1. The number of Topliss-reactive ketones (excluding diaryl/α,β-unsaturated/α-hetero) is 1. The lowest BCUT2D eigenvalue weighted by atomic mass is 9.95. The molecule has 38 heavy (non-hydrogen) atoms. The van der Waals surface area contributed by atoms with Crippen LogP contribution in [0.1, 0.15) is 40.9 Å². The molecule has 1 saturated heterocycles. The number of halogens is 1.